The smallest absolute Gasteiger partial charge is 0.408 e. The van der Waals surface area contributed by atoms with Crippen LogP contribution >= 0.6 is 0 Å². The van der Waals surface area contributed by atoms with Gasteiger partial charge in [0.1, 0.15) is 23.4 Å². The van der Waals surface area contributed by atoms with Crippen molar-refractivity contribution >= 4 is 17.9 Å². The third kappa shape index (κ3) is 11.1. The fourth-order valence-electron chi connectivity index (χ4n) is 4.46. The maximum Gasteiger partial charge on any atom is 0.408 e. The minimum absolute atomic E-state index is 0.103. The van der Waals surface area contributed by atoms with Crippen molar-refractivity contribution in [1.29, 1.82) is 0 Å². The molecule has 226 valence electrons. The predicted molar refractivity (Wildman–Crippen MR) is 163 cm³/mol. The molecule has 2 aromatic carbocycles. The monoisotopic (exact) mass is 567 g/mol. The number of unbranched alkanes of at least 4 members (excludes halogenated alkanes) is 2. The number of carbonyl (C=O) groups is 3. The Kier molecular flexibility index (Phi) is 11.8. The van der Waals surface area contributed by atoms with Crippen LogP contribution in [0.4, 0.5) is 4.79 Å². The van der Waals surface area contributed by atoms with Crippen LogP contribution in [0.3, 0.4) is 0 Å². The first-order valence-electron chi connectivity index (χ1n) is 14.5. The lowest BCUT2D eigenvalue weighted by atomic mass is 9.96. The Balaban J connectivity index is 2.62. The summed E-state index contributed by atoms with van der Waals surface area (Å²) in [4.78, 5) is 42.9. The standard InChI is InChI=1S/C33H49N3O5/c1-10-11-12-19-36(28(29(38)35-32(4,5)6)25-16-13-22(2)23(3)20-25)30(39)27(34-31(40)41-33(7,8)9)21-24-14-17-26(37)18-15-24/h13-18,20,27-28,37H,10-12,19,21H2,1-9H3,(H,34,40)(H,35,38). The number of benzene rings is 2. The molecule has 0 heterocycles. The summed E-state index contributed by atoms with van der Waals surface area (Å²) >= 11 is 0. The predicted octanol–water partition coefficient (Wildman–Crippen LogP) is 6.12. The van der Waals surface area contributed by atoms with Crippen molar-refractivity contribution in [1.82, 2.24) is 15.5 Å². The highest BCUT2D eigenvalue weighted by atomic mass is 16.6. The number of nitrogens with zero attached hydrogens (tertiary/aromatic N) is 1. The summed E-state index contributed by atoms with van der Waals surface area (Å²) in [6.07, 6.45) is 1.96. The molecule has 2 rings (SSSR count). The molecule has 41 heavy (non-hydrogen) atoms. The zero-order valence-corrected chi connectivity index (χ0v) is 26.3. The zero-order valence-electron chi connectivity index (χ0n) is 26.3. The van der Waals surface area contributed by atoms with E-state index in [0.717, 1.165) is 29.5 Å². The number of rotatable bonds is 11. The zero-order chi connectivity index (χ0) is 31.0. The van der Waals surface area contributed by atoms with Gasteiger partial charge in [0.2, 0.25) is 11.8 Å². The molecule has 0 spiro atoms. The second-order valence-electron chi connectivity index (χ2n) is 12.8. The van der Waals surface area contributed by atoms with E-state index >= 15 is 0 Å². The van der Waals surface area contributed by atoms with E-state index in [4.69, 9.17) is 4.74 Å². The lowest BCUT2D eigenvalue weighted by Gasteiger charge is -2.36. The molecule has 0 aliphatic rings. The normalized spacial score (nSPS) is 13.2. The molecule has 0 aliphatic heterocycles. The van der Waals surface area contributed by atoms with E-state index in [2.05, 4.69) is 17.6 Å². The summed E-state index contributed by atoms with van der Waals surface area (Å²) < 4.78 is 5.50. The van der Waals surface area contributed by atoms with Crippen LogP contribution in [-0.4, -0.2) is 51.6 Å². The number of ether oxygens (including phenoxy) is 1. The van der Waals surface area contributed by atoms with Gasteiger partial charge in [0.05, 0.1) is 0 Å². The van der Waals surface area contributed by atoms with Crippen LogP contribution in [-0.2, 0) is 20.7 Å². The molecule has 8 nitrogen and oxygen atoms in total. The van der Waals surface area contributed by atoms with Gasteiger partial charge in [-0.25, -0.2) is 4.79 Å². The van der Waals surface area contributed by atoms with E-state index in [9.17, 15) is 19.5 Å². The molecule has 0 aromatic heterocycles. The van der Waals surface area contributed by atoms with Gasteiger partial charge in [0, 0.05) is 18.5 Å². The Morgan fingerprint density at radius 3 is 2.10 bits per heavy atom. The molecule has 8 heteroatoms. The van der Waals surface area contributed by atoms with Gasteiger partial charge in [-0.05, 0) is 96.2 Å². The first-order chi connectivity index (χ1) is 19.0. The van der Waals surface area contributed by atoms with Crippen LogP contribution in [0.2, 0.25) is 0 Å². The Labute approximate surface area is 245 Å². The molecule has 2 unspecified atom stereocenters. The van der Waals surface area contributed by atoms with Crippen molar-refractivity contribution in [3.8, 4) is 5.75 Å². The Morgan fingerprint density at radius 2 is 1.56 bits per heavy atom. The van der Waals surface area contributed by atoms with Gasteiger partial charge in [-0.15, -0.1) is 0 Å². The van der Waals surface area contributed by atoms with E-state index in [1.807, 2.05) is 52.8 Å². The lowest BCUT2D eigenvalue weighted by molar-refractivity contribution is -0.143. The van der Waals surface area contributed by atoms with Crippen LogP contribution in [0.15, 0.2) is 42.5 Å². The van der Waals surface area contributed by atoms with Crippen molar-refractivity contribution in [3.63, 3.8) is 0 Å². The number of alkyl carbamates (subject to hydrolysis) is 1. The van der Waals surface area contributed by atoms with Crippen molar-refractivity contribution < 1.29 is 24.2 Å². The number of amides is 3. The highest BCUT2D eigenvalue weighted by Gasteiger charge is 2.37. The minimum Gasteiger partial charge on any atom is -0.508 e. The van der Waals surface area contributed by atoms with Gasteiger partial charge in [0.15, 0.2) is 0 Å². The van der Waals surface area contributed by atoms with E-state index in [1.54, 1.807) is 37.8 Å². The molecule has 3 amide bonds. The molecule has 0 radical (unpaired) electrons. The van der Waals surface area contributed by atoms with E-state index in [0.29, 0.717) is 18.5 Å². The van der Waals surface area contributed by atoms with Crippen LogP contribution in [0.25, 0.3) is 0 Å². The maximum absolute atomic E-state index is 14.5. The number of hydrogen-bond donors (Lipinski definition) is 3. The average Bonchev–Trinajstić information content (AvgIpc) is 2.83. The average molecular weight is 568 g/mol. The molecule has 0 aliphatic carbocycles. The number of aromatic hydroxyl groups is 1. The van der Waals surface area contributed by atoms with Gasteiger partial charge >= 0.3 is 6.09 Å². The third-order valence-electron chi connectivity index (χ3n) is 6.56. The van der Waals surface area contributed by atoms with Gasteiger partial charge in [-0.3, -0.25) is 9.59 Å². The molecular formula is C33H49N3O5. The van der Waals surface area contributed by atoms with Crippen molar-refractivity contribution in [2.45, 2.75) is 111 Å². The van der Waals surface area contributed by atoms with E-state index in [1.165, 1.54) is 12.1 Å². The lowest BCUT2D eigenvalue weighted by Crippen LogP contribution is -2.55. The fourth-order valence-corrected chi connectivity index (χ4v) is 4.46. The molecule has 3 N–H and O–H groups in total. The molecule has 0 bridgehead atoms. The Morgan fingerprint density at radius 1 is 0.927 bits per heavy atom. The van der Waals surface area contributed by atoms with E-state index < -0.39 is 29.3 Å². The summed E-state index contributed by atoms with van der Waals surface area (Å²) in [6.45, 7) is 17.4. The first-order valence-corrected chi connectivity index (χ1v) is 14.5. The largest absolute Gasteiger partial charge is 0.508 e. The summed E-state index contributed by atoms with van der Waals surface area (Å²) in [5.41, 5.74) is 2.28. The van der Waals surface area contributed by atoms with Crippen molar-refractivity contribution in [3.05, 3.63) is 64.7 Å². The summed E-state index contributed by atoms with van der Waals surface area (Å²) in [7, 11) is 0. The molecule has 2 atom stereocenters. The van der Waals surface area contributed by atoms with Gasteiger partial charge in [-0.2, -0.15) is 0 Å². The number of hydrogen-bond acceptors (Lipinski definition) is 5. The van der Waals surface area contributed by atoms with Crippen LogP contribution in [0.5, 0.6) is 5.75 Å². The number of aryl methyl sites for hydroxylation is 2. The van der Waals surface area contributed by atoms with Crippen molar-refractivity contribution in [2.75, 3.05) is 6.54 Å². The van der Waals surface area contributed by atoms with Gasteiger partial charge < -0.3 is 25.4 Å². The molecule has 0 saturated carbocycles. The molecule has 0 saturated heterocycles. The maximum atomic E-state index is 14.5. The first kappa shape index (κ1) is 33.7. The SMILES string of the molecule is CCCCCN(C(=O)C(Cc1ccc(O)cc1)NC(=O)OC(C)(C)C)C(C(=O)NC(C)(C)C)c1ccc(C)c(C)c1. The summed E-state index contributed by atoms with van der Waals surface area (Å²) in [5.74, 6) is -0.565. The number of carbonyl (C=O) groups excluding carboxylic acids is 3. The highest BCUT2D eigenvalue weighted by molar-refractivity contribution is 5.92. The molecular weight excluding hydrogens is 518 g/mol. The topological polar surface area (TPSA) is 108 Å². The highest BCUT2D eigenvalue weighted by Crippen LogP contribution is 2.27. The van der Waals surface area contributed by atoms with Gasteiger partial charge in [-0.1, -0.05) is 50.1 Å². The van der Waals surface area contributed by atoms with Crippen molar-refractivity contribution in [2.24, 2.45) is 0 Å². The molecule has 0 fully saturated rings. The van der Waals surface area contributed by atoms with Crippen LogP contribution in [0, 0.1) is 13.8 Å². The third-order valence-corrected chi connectivity index (χ3v) is 6.56. The number of phenolic OH excluding ortho intramolecular Hbond substituents is 1. The quantitative estimate of drug-likeness (QED) is 0.284. The Hall–Kier alpha value is -3.55. The second kappa shape index (κ2) is 14.4. The number of phenols is 1. The van der Waals surface area contributed by atoms with Crippen LogP contribution < -0.4 is 10.6 Å². The van der Waals surface area contributed by atoms with E-state index in [-0.39, 0.29) is 24.0 Å². The summed E-state index contributed by atoms with van der Waals surface area (Å²) in [5, 5.41) is 15.6. The minimum atomic E-state index is -1.01. The Bertz CT molecular complexity index is 1180. The summed E-state index contributed by atoms with van der Waals surface area (Å²) in [6, 6.07) is 10.4. The number of nitrogens with one attached hydrogen (secondary N) is 2. The van der Waals surface area contributed by atoms with Gasteiger partial charge in [0.25, 0.3) is 0 Å². The van der Waals surface area contributed by atoms with Crippen LogP contribution in [0.1, 0.15) is 96.0 Å². The fraction of sp³-hybridized carbons (Fsp3) is 0.545. The second-order valence-corrected chi connectivity index (χ2v) is 12.8. The molecule has 2 aromatic rings.